The zero-order valence-corrected chi connectivity index (χ0v) is 17.7. The van der Waals surface area contributed by atoms with Crippen LogP contribution in [0.15, 0.2) is 47.9 Å². The minimum atomic E-state index is -3.75. The normalized spacial score (nSPS) is 11.5. The van der Waals surface area contributed by atoms with Crippen LogP contribution in [-0.4, -0.2) is 34.5 Å². The highest BCUT2D eigenvalue weighted by atomic mass is 32.2. The average Bonchev–Trinajstić information content (AvgIpc) is 3.14. The van der Waals surface area contributed by atoms with Crippen LogP contribution in [0.5, 0.6) is 0 Å². The molecule has 0 bridgehead atoms. The Morgan fingerprint density at radius 2 is 1.72 bits per heavy atom. The fraction of sp³-hybridized carbons (Fsp3) is 0.316. The van der Waals surface area contributed by atoms with E-state index in [4.69, 9.17) is 0 Å². The van der Waals surface area contributed by atoms with Crippen LogP contribution in [0.25, 0.3) is 0 Å². The number of nitrogens with zero attached hydrogens (tertiary/aromatic N) is 4. The Morgan fingerprint density at radius 3 is 2.34 bits per heavy atom. The van der Waals surface area contributed by atoms with Crippen LogP contribution in [0.4, 0.5) is 23.0 Å². The van der Waals surface area contributed by atoms with Crippen molar-refractivity contribution in [2.24, 2.45) is 0 Å². The van der Waals surface area contributed by atoms with Crippen molar-refractivity contribution in [2.75, 3.05) is 21.9 Å². The van der Waals surface area contributed by atoms with Gasteiger partial charge in [-0.05, 0) is 52.0 Å². The minimum absolute atomic E-state index is 0.0131. The molecule has 0 aliphatic rings. The maximum atomic E-state index is 12.5. The van der Waals surface area contributed by atoms with Crippen molar-refractivity contribution in [3.63, 3.8) is 0 Å². The number of sulfonamides is 1. The fourth-order valence-electron chi connectivity index (χ4n) is 2.62. The summed E-state index contributed by atoms with van der Waals surface area (Å²) in [7, 11) is -3.75. The summed E-state index contributed by atoms with van der Waals surface area (Å²) in [5, 5.41) is 6.34. The van der Waals surface area contributed by atoms with Gasteiger partial charge >= 0.3 is 0 Å². The van der Waals surface area contributed by atoms with Crippen molar-refractivity contribution in [3.8, 4) is 0 Å². The SMILES string of the molecule is CCNc1cc(Nc2ccc(NS(=O)(=O)c3cn(C(C)C)cn3)cc2)nc(C)n1. The van der Waals surface area contributed by atoms with Crippen molar-refractivity contribution in [3.05, 3.63) is 48.7 Å². The van der Waals surface area contributed by atoms with E-state index in [0.29, 0.717) is 17.3 Å². The highest BCUT2D eigenvalue weighted by molar-refractivity contribution is 7.92. The van der Waals surface area contributed by atoms with Gasteiger partial charge in [-0.25, -0.2) is 15.0 Å². The number of aryl methyl sites for hydroxylation is 1. The molecule has 29 heavy (non-hydrogen) atoms. The number of imidazole rings is 1. The summed E-state index contributed by atoms with van der Waals surface area (Å²) in [6.45, 7) is 8.50. The molecule has 0 aliphatic heterocycles. The van der Waals surface area contributed by atoms with Crippen molar-refractivity contribution >= 4 is 33.0 Å². The number of anilines is 4. The van der Waals surface area contributed by atoms with Crippen molar-refractivity contribution in [1.82, 2.24) is 19.5 Å². The van der Waals surface area contributed by atoms with Gasteiger partial charge in [-0.3, -0.25) is 4.72 Å². The Hall–Kier alpha value is -3.14. The lowest BCUT2D eigenvalue weighted by atomic mass is 10.3. The van der Waals surface area contributed by atoms with Gasteiger partial charge in [-0.15, -0.1) is 0 Å². The lowest BCUT2D eigenvalue weighted by Crippen LogP contribution is -2.13. The second-order valence-electron chi connectivity index (χ2n) is 6.78. The van der Waals surface area contributed by atoms with Gasteiger partial charge in [-0.1, -0.05) is 0 Å². The van der Waals surface area contributed by atoms with Gasteiger partial charge in [0.15, 0.2) is 5.03 Å². The minimum Gasteiger partial charge on any atom is -0.370 e. The number of hydrogen-bond acceptors (Lipinski definition) is 7. The van der Waals surface area contributed by atoms with Crippen LogP contribution in [-0.2, 0) is 10.0 Å². The molecule has 9 nitrogen and oxygen atoms in total. The molecule has 0 saturated carbocycles. The molecular weight excluding hydrogens is 390 g/mol. The standard InChI is InChI=1S/C19H25N7O2S/c1-5-20-17-10-18(23-14(4)22-17)24-15-6-8-16(9-7-15)25-29(27,28)19-11-26(12-21-19)13(2)3/h6-13,25H,5H2,1-4H3,(H2,20,22,23,24). The lowest BCUT2D eigenvalue weighted by molar-refractivity contribution is 0.591. The van der Waals surface area contributed by atoms with Crippen LogP contribution in [0.1, 0.15) is 32.6 Å². The van der Waals surface area contributed by atoms with Crippen molar-refractivity contribution < 1.29 is 8.42 Å². The van der Waals surface area contributed by atoms with E-state index in [1.807, 2.05) is 33.8 Å². The van der Waals surface area contributed by atoms with Gasteiger partial charge in [0.05, 0.1) is 6.33 Å². The van der Waals surface area contributed by atoms with Crippen LogP contribution in [0.3, 0.4) is 0 Å². The molecule has 0 saturated heterocycles. The smallest absolute Gasteiger partial charge is 0.280 e. The quantitative estimate of drug-likeness (QED) is 0.515. The van der Waals surface area contributed by atoms with Gasteiger partial charge in [0.1, 0.15) is 17.5 Å². The summed E-state index contributed by atoms with van der Waals surface area (Å²) in [5.74, 6) is 2.05. The summed E-state index contributed by atoms with van der Waals surface area (Å²) in [6, 6.07) is 8.86. The lowest BCUT2D eigenvalue weighted by Gasteiger charge is -2.10. The summed E-state index contributed by atoms with van der Waals surface area (Å²) in [5.41, 5.74) is 1.22. The predicted octanol–water partition coefficient (Wildman–Crippen LogP) is 3.54. The first kappa shape index (κ1) is 20.6. The largest absolute Gasteiger partial charge is 0.370 e. The number of aromatic nitrogens is 4. The van der Waals surface area contributed by atoms with E-state index in [9.17, 15) is 8.42 Å². The number of hydrogen-bond donors (Lipinski definition) is 3. The van der Waals surface area contributed by atoms with E-state index in [1.54, 1.807) is 28.8 Å². The Labute approximate surface area is 170 Å². The molecule has 0 fully saturated rings. The number of rotatable bonds is 8. The molecule has 0 unspecified atom stereocenters. The Morgan fingerprint density at radius 1 is 1.07 bits per heavy atom. The molecule has 154 valence electrons. The number of benzene rings is 1. The topological polar surface area (TPSA) is 114 Å². The molecule has 3 rings (SSSR count). The fourth-order valence-corrected chi connectivity index (χ4v) is 3.62. The Balaban J connectivity index is 1.71. The first-order chi connectivity index (χ1) is 13.8. The maximum Gasteiger partial charge on any atom is 0.280 e. The zero-order valence-electron chi connectivity index (χ0n) is 16.8. The average molecular weight is 416 g/mol. The van der Waals surface area contributed by atoms with Gasteiger partial charge in [0.2, 0.25) is 0 Å². The first-order valence-electron chi connectivity index (χ1n) is 9.30. The maximum absolute atomic E-state index is 12.5. The summed E-state index contributed by atoms with van der Waals surface area (Å²) < 4.78 is 29.3. The van der Waals surface area contributed by atoms with Crippen LogP contribution >= 0.6 is 0 Å². The van der Waals surface area contributed by atoms with E-state index in [2.05, 4.69) is 30.3 Å². The monoisotopic (exact) mass is 415 g/mol. The first-order valence-corrected chi connectivity index (χ1v) is 10.8. The molecule has 0 spiro atoms. The molecule has 1 aromatic carbocycles. The Kier molecular flexibility index (Phi) is 6.02. The van der Waals surface area contributed by atoms with Gasteiger partial charge in [0, 0.05) is 36.2 Å². The molecule has 0 radical (unpaired) electrons. The number of nitrogens with one attached hydrogen (secondary N) is 3. The Bertz CT molecular complexity index is 1080. The summed E-state index contributed by atoms with van der Waals surface area (Å²) in [6.07, 6.45) is 3.03. The zero-order chi connectivity index (χ0) is 21.0. The molecule has 2 aromatic heterocycles. The van der Waals surface area contributed by atoms with Crippen LogP contribution < -0.4 is 15.4 Å². The third-order valence-electron chi connectivity index (χ3n) is 4.05. The van der Waals surface area contributed by atoms with E-state index in [-0.39, 0.29) is 11.1 Å². The van der Waals surface area contributed by atoms with Crippen molar-refractivity contribution in [2.45, 2.75) is 38.8 Å². The van der Waals surface area contributed by atoms with E-state index >= 15 is 0 Å². The molecule has 0 atom stereocenters. The van der Waals surface area contributed by atoms with Crippen molar-refractivity contribution in [1.29, 1.82) is 0 Å². The van der Waals surface area contributed by atoms with Gasteiger partial charge in [-0.2, -0.15) is 8.42 Å². The molecule has 3 aromatic rings. The molecule has 0 amide bonds. The molecule has 0 aliphatic carbocycles. The second kappa shape index (κ2) is 8.48. The summed E-state index contributed by atoms with van der Waals surface area (Å²) >= 11 is 0. The second-order valence-corrected chi connectivity index (χ2v) is 8.41. The van der Waals surface area contributed by atoms with E-state index < -0.39 is 10.0 Å². The van der Waals surface area contributed by atoms with E-state index in [1.165, 1.54) is 12.5 Å². The van der Waals surface area contributed by atoms with Gasteiger partial charge in [0.25, 0.3) is 10.0 Å². The third kappa shape index (κ3) is 5.23. The molecular formula is C19H25N7O2S. The predicted molar refractivity (Wildman–Crippen MR) is 114 cm³/mol. The highest BCUT2D eigenvalue weighted by Crippen LogP contribution is 2.21. The molecule has 2 heterocycles. The third-order valence-corrected chi connectivity index (χ3v) is 5.32. The van der Waals surface area contributed by atoms with Gasteiger partial charge < -0.3 is 15.2 Å². The molecule has 10 heteroatoms. The van der Waals surface area contributed by atoms with Crippen LogP contribution in [0.2, 0.25) is 0 Å². The van der Waals surface area contributed by atoms with Crippen LogP contribution in [0, 0.1) is 6.92 Å². The highest BCUT2D eigenvalue weighted by Gasteiger charge is 2.18. The van der Waals surface area contributed by atoms with E-state index in [0.717, 1.165) is 18.1 Å². The summed E-state index contributed by atoms with van der Waals surface area (Å²) in [4.78, 5) is 12.7. The molecule has 3 N–H and O–H groups in total.